The second-order valence-corrected chi connectivity index (χ2v) is 7.19. The van der Waals surface area contributed by atoms with Crippen LogP contribution in [0.3, 0.4) is 0 Å². The summed E-state index contributed by atoms with van der Waals surface area (Å²) in [6.07, 6.45) is 3.41. The summed E-state index contributed by atoms with van der Waals surface area (Å²) >= 11 is 6.89. The molecule has 0 bridgehead atoms. The predicted octanol–water partition coefficient (Wildman–Crippen LogP) is 5.00. The Morgan fingerprint density at radius 2 is 1.92 bits per heavy atom. The first kappa shape index (κ1) is 15.5. The topological polar surface area (TPSA) is 42.7 Å². The van der Waals surface area contributed by atoms with Crippen molar-refractivity contribution in [3.05, 3.63) is 80.8 Å². The van der Waals surface area contributed by atoms with Crippen molar-refractivity contribution in [2.45, 2.75) is 6.04 Å². The zero-order valence-corrected chi connectivity index (χ0v) is 15.4. The van der Waals surface area contributed by atoms with Gasteiger partial charge >= 0.3 is 0 Å². The van der Waals surface area contributed by atoms with Crippen molar-refractivity contribution in [3.8, 4) is 0 Å². The molecule has 1 N–H and O–H groups in total. The van der Waals surface area contributed by atoms with E-state index in [1.54, 1.807) is 16.8 Å². The lowest BCUT2D eigenvalue weighted by atomic mass is 10.0. The monoisotopic (exact) mass is 448 g/mol. The third-order valence-corrected chi connectivity index (χ3v) is 4.81. The normalized spacial score (nSPS) is 16.3. The van der Waals surface area contributed by atoms with E-state index in [2.05, 4.69) is 47.3 Å². The van der Waals surface area contributed by atoms with Gasteiger partial charge in [-0.2, -0.15) is 10.1 Å². The minimum absolute atomic E-state index is 0.281. The third kappa shape index (κ3) is 2.78. The molecule has 120 valence electrons. The molecule has 2 heterocycles. The Hall–Kier alpha value is -1.99. The van der Waals surface area contributed by atoms with Gasteiger partial charge in [-0.15, -0.1) is 0 Å². The molecule has 1 atom stereocenters. The molecule has 7 heteroatoms. The number of anilines is 1. The lowest BCUT2D eigenvalue weighted by molar-refractivity contribution is 0.551. The Morgan fingerprint density at radius 1 is 1.08 bits per heavy atom. The Labute approximate surface area is 154 Å². The summed E-state index contributed by atoms with van der Waals surface area (Å²) in [5.41, 5.74) is 2.38. The number of benzene rings is 2. The molecule has 1 aliphatic heterocycles. The third-order valence-electron chi connectivity index (χ3n) is 3.82. The highest BCUT2D eigenvalue weighted by atomic mass is 79.9. The van der Waals surface area contributed by atoms with E-state index in [0.29, 0.717) is 11.5 Å². The standard InChI is InChI=1S/C17H11Br2FN4/c18-11-3-1-2-10(6-11)15-8-16(24-17(23-15)21-9-22-24)13-7-12(19)4-5-14(13)20/h1-9,16H,(H,21,22,23)/t16-/m0/s1. The zero-order chi connectivity index (χ0) is 16.7. The zero-order valence-electron chi connectivity index (χ0n) is 12.2. The van der Waals surface area contributed by atoms with Gasteiger partial charge in [-0.25, -0.2) is 9.07 Å². The van der Waals surface area contributed by atoms with Gasteiger partial charge in [0.25, 0.3) is 0 Å². The van der Waals surface area contributed by atoms with E-state index in [-0.39, 0.29) is 11.9 Å². The quantitative estimate of drug-likeness (QED) is 0.598. The molecule has 0 fully saturated rings. The summed E-state index contributed by atoms with van der Waals surface area (Å²) in [6, 6.07) is 12.4. The molecule has 0 aliphatic carbocycles. The molecule has 0 spiro atoms. The van der Waals surface area contributed by atoms with Crippen LogP contribution in [0.5, 0.6) is 0 Å². The summed E-state index contributed by atoms with van der Waals surface area (Å²) in [7, 11) is 0. The molecule has 3 aromatic rings. The molecule has 0 radical (unpaired) electrons. The highest BCUT2D eigenvalue weighted by molar-refractivity contribution is 9.10. The lowest BCUT2D eigenvalue weighted by Crippen LogP contribution is -2.21. The van der Waals surface area contributed by atoms with Crippen molar-refractivity contribution in [2.24, 2.45) is 0 Å². The molecular weight excluding hydrogens is 439 g/mol. The van der Waals surface area contributed by atoms with Gasteiger partial charge < -0.3 is 5.32 Å². The van der Waals surface area contributed by atoms with Gasteiger partial charge in [0.1, 0.15) is 18.2 Å². The molecule has 0 unspecified atom stereocenters. The van der Waals surface area contributed by atoms with Crippen LogP contribution in [-0.4, -0.2) is 14.8 Å². The second-order valence-electron chi connectivity index (χ2n) is 5.35. The van der Waals surface area contributed by atoms with Gasteiger partial charge in [0.15, 0.2) is 0 Å². The average Bonchev–Trinajstić information content (AvgIpc) is 3.05. The van der Waals surface area contributed by atoms with Crippen molar-refractivity contribution in [3.63, 3.8) is 0 Å². The van der Waals surface area contributed by atoms with Gasteiger partial charge in [0.05, 0.1) is 0 Å². The molecule has 1 aromatic heterocycles. The van der Waals surface area contributed by atoms with Crippen LogP contribution >= 0.6 is 31.9 Å². The molecule has 0 saturated heterocycles. The van der Waals surface area contributed by atoms with Crippen molar-refractivity contribution < 1.29 is 4.39 Å². The highest BCUT2D eigenvalue weighted by Gasteiger charge is 2.25. The van der Waals surface area contributed by atoms with Crippen LogP contribution < -0.4 is 5.32 Å². The molecule has 0 saturated carbocycles. The molecule has 1 aliphatic rings. The smallest absolute Gasteiger partial charge is 0.226 e. The van der Waals surface area contributed by atoms with E-state index in [4.69, 9.17) is 0 Å². The maximum absolute atomic E-state index is 14.4. The average molecular weight is 450 g/mol. The number of nitrogens with zero attached hydrogens (tertiary/aromatic N) is 3. The number of allylic oxidation sites excluding steroid dienone is 1. The number of halogens is 3. The number of aromatic nitrogens is 3. The number of fused-ring (bicyclic) bond motifs is 1. The van der Waals surface area contributed by atoms with Gasteiger partial charge in [0.2, 0.25) is 5.95 Å². The Morgan fingerprint density at radius 3 is 2.75 bits per heavy atom. The molecule has 2 aromatic carbocycles. The van der Waals surface area contributed by atoms with E-state index in [1.807, 2.05) is 30.3 Å². The first-order chi connectivity index (χ1) is 11.6. The Bertz CT molecular complexity index is 951. The van der Waals surface area contributed by atoms with Crippen molar-refractivity contribution >= 4 is 43.5 Å². The van der Waals surface area contributed by atoms with Crippen LogP contribution in [0.2, 0.25) is 0 Å². The van der Waals surface area contributed by atoms with E-state index in [9.17, 15) is 4.39 Å². The summed E-state index contributed by atoms with van der Waals surface area (Å²) in [5.74, 6) is 0.299. The molecule has 24 heavy (non-hydrogen) atoms. The van der Waals surface area contributed by atoms with Crippen LogP contribution in [0.1, 0.15) is 17.2 Å². The van der Waals surface area contributed by atoms with Crippen molar-refractivity contribution in [1.29, 1.82) is 0 Å². The number of hydrogen-bond donors (Lipinski definition) is 1. The van der Waals surface area contributed by atoms with Crippen LogP contribution in [0.15, 0.2) is 63.8 Å². The first-order valence-corrected chi connectivity index (χ1v) is 8.79. The molecular formula is C17H11Br2FN4. The van der Waals surface area contributed by atoms with Crippen molar-refractivity contribution in [2.75, 3.05) is 5.32 Å². The Balaban J connectivity index is 1.87. The van der Waals surface area contributed by atoms with Gasteiger partial charge in [0, 0.05) is 20.2 Å². The number of nitrogens with one attached hydrogen (secondary N) is 1. The SMILES string of the molecule is Fc1ccc(Br)cc1[C@@H]1C=C(c2cccc(Br)c2)Nc2ncnn21. The highest BCUT2D eigenvalue weighted by Crippen LogP contribution is 2.34. The van der Waals surface area contributed by atoms with Gasteiger partial charge in [-0.1, -0.05) is 44.0 Å². The maximum Gasteiger partial charge on any atom is 0.226 e. The number of rotatable bonds is 2. The van der Waals surface area contributed by atoms with Crippen LogP contribution in [-0.2, 0) is 0 Å². The second kappa shape index (κ2) is 6.14. The minimum atomic E-state index is -0.379. The summed E-state index contributed by atoms with van der Waals surface area (Å²) in [4.78, 5) is 4.24. The fourth-order valence-electron chi connectivity index (χ4n) is 2.72. The van der Waals surface area contributed by atoms with E-state index in [1.165, 1.54) is 12.4 Å². The fourth-order valence-corrected chi connectivity index (χ4v) is 3.50. The maximum atomic E-state index is 14.4. The largest absolute Gasteiger partial charge is 0.324 e. The van der Waals surface area contributed by atoms with Crippen LogP contribution in [0, 0.1) is 5.82 Å². The molecule has 4 rings (SSSR count). The van der Waals surface area contributed by atoms with E-state index in [0.717, 1.165) is 20.2 Å². The van der Waals surface area contributed by atoms with Crippen molar-refractivity contribution in [1.82, 2.24) is 14.8 Å². The van der Waals surface area contributed by atoms with Gasteiger partial charge in [-0.3, -0.25) is 0 Å². The van der Waals surface area contributed by atoms with E-state index < -0.39 is 0 Å². The number of hydrogen-bond acceptors (Lipinski definition) is 3. The molecule has 4 nitrogen and oxygen atoms in total. The Kier molecular flexibility index (Phi) is 3.97. The predicted molar refractivity (Wildman–Crippen MR) is 98.0 cm³/mol. The lowest BCUT2D eigenvalue weighted by Gasteiger charge is -2.25. The summed E-state index contributed by atoms with van der Waals surface area (Å²) in [5, 5.41) is 7.49. The van der Waals surface area contributed by atoms with Crippen LogP contribution in [0.4, 0.5) is 10.3 Å². The van der Waals surface area contributed by atoms with Crippen LogP contribution in [0.25, 0.3) is 5.70 Å². The minimum Gasteiger partial charge on any atom is -0.324 e. The fraction of sp³-hybridized carbons (Fsp3) is 0.0588. The van der Waals surface area contributed by atoms with E-state index >= 15 is 0 Å². The first-order valence-electron chi connectivity index (χ1n) is 7.21. The summed E-state index contributed by atoms with van der Waals surface area (Å²) in [6.45, 7) is 0. The summed E-state index contributed by atoms with van der Waals surface area (Å²) < 4.78 is 17.9. The van der Waals surface area contributed by atoms with Gasteiger partial charge in [-0.05, 0) is 42.0 Å². The molecule has 0 amide bonds.